The average molecular weight is 211 g/mol. The molecule has 0 saturated carbocycles. The minimum Gasteiger partial charge on any atom is -0.490 e. The first-order valence-corrected chi connectivity index (χ1v) is 4.56. The van der Waals surface area contributed by atoms with Crippen LogP contribution in [0.15, 0.2) is 18.2 Å². The van der Waals surface area contributed by atoms with Crippen molar-refractivity contribution >= 4 is 5.69 Å². The third-order valence-electron chi connectivity index (χ3n) is 1.86. The van der Waals surface area contributed by atoms with Crippen LogP contribution in [0.3, 0.4) is 0 Å². The van der Waals surface area contributed by atoms with E-state index in [9.17, 15) is 10.1 Å². The van der Waals surface area contributed by atoms with Gasteiger partial charge in [-0.25, -0.2) is 0 Å². The van der Waals surface area contributed by atoms with Crippen LogP contribution in [-0.4, -0.2) is 22.7 Å². The van der Waals surface area contributed by atoms with Gasteiger partial charge < -0.3 is 9.84 Å². The van der Waals surface area contributed by atoms with Gasteiger partial charge in [-0.05, 0) is 25.5 Å². The maximum absolute atomic E-state index is 10.5. The van der Waals surface area contributed by atoms with Gasteiger partial charge >= 0.3 is 0 Å². The molecule has 1 aromatic carbocycles. The Morgan fingerprint density at radius 1 is 1.60 bits per heavy atom. The molecule has 1 N–H and O–H groups in total. The minimum absolute atomic E-state index is 0.0128. The maximum Gasteiger partial charge on any atom is 0.273 e. The van der Waals surface area contributed by atoms with Crippen LogP contribution in [0.2, 0.25) is 0 Å². The van der Waals surface area contributed by atoms with Gasteiger partial charge in [0, 0.05) is 6.07 Å². The molecular weight excluding hydrogens is 198 g/mol. The maximum atomic E-state index is 10.5. The number of non-ortho nitro benzene ring substituents is 1. The second-order valence-corrected chi connectivity index (χ2v) is 3.37. The Bertz CT molecular complexity index is 362. The first-order chi connectivity index (χ1) is 7.00. The van der Waals surface area contributed by atoms with Gasteiger partial charge in [-0.15, -0.1) is 0 Å². The summed E-state index contributed by atoms with van der Waals surface area (Å²) in [7, 11) is 0. The van der Waals surface area contributed by atoms with Crippen molar-refractivity contribution in [2.24, 2.45) is 0 Å². The monoisotopic (exact) mass is 211 g/mol. The normalized spacial score (nSPS) is 12.2. The Balaban J connectivity index is 2.85. The van der Waals surface area contributed by atoms with E-state index in [1.54, 1.807) is 19.9 Å². The van der Waals surface area contributed by atoms with Gasteiger partial charge in [-0.3, -0.25) is 10.1 Å². The smallest absolute Gasteiger partial charge is 0.273 e. The lowest BCUT2D eigenvalue weighted by atomic mass is 10.2. The standard InChI is InChI=1S/C10H13NO4/c1-7-3-4-9(11(13)14)5-10(7)15-6-8(2)12/h3-5,8,12H,6H2,1-2H3. The topological polar surface area (TPSA) is 72.6 Å². The third kappa shape index (κ3) is 3.21. The van der Waals surface area contributed by atoms with E-state index in [0.29, 0.717) is 5.75 Å². The molecule has 5 nitrogen and oxygen atoms in total. The molecule has 0 heterocycles. The molecule has 0 bridgehead atoms. The molecular formula is C10H13NO4. The highest BCUT2D eigenvalue weighted by Crippen LogP contribution is 2.23. The number of benzene rings is 1. The molecule has 15 heavy (non-hydrogen) atoms. The lowest BCUT2D eigenvalue weighted by Crippen LogP contribution is -2.13. The fourth-order valence-electron chi connectivity index (χ4n) is 1.07. The molecule has 82 valence electrons. The number of aliphatic hydroxyl groups excluding tert-OH is 1. The van der Waals surface area contributed by atoms with Crippen molar-refractivity contribution in [1.82, 2.24) is 0 Å². The molecule has 0 amide bonds. The van der Waals surface area contributed by atoms with Crippen molar-refractivity contribution in [2.45, 2.75) is 20.0 Å². The number of hydrogen-bond donors (Lipinski definition) is 1. The van der Waals surface area contributed by atoms with Crippen LogP contribution in [0, 0.1) is 17.0 Å². The predicted molar refractivity (Wildman–Crippen MR) is 55.0 cm³/mol. The molecule has 0 spiro atoms. The van der Waals surface area contributed by atoms with Gasteiger partial charge in [0.15, 0.2) is 0 Å². The van der Waals surface area contributed by atoms with Crippen LogP contribution >= 0.6 is 0 Å². The Kier molecular flexibility index (Phi) is 3.62. The second kappa shape index (κ2) is 4.75. The highest BCUT2D eigenvalue weighted by molar-refractivity contribution is 5.43. The lowest BCUT2D eigenvalue weighted by Gasteiger charge is -2.10. The Morgan fingerprint density at radius 3 is 2.80 bits per heavy atom. The lowest BCUT2D eigenvalue weighted by molar-refractivity contribution is -0.385. The van der Waals surface area contributed by atoms with Crippen molar-refractivity contribution < 1.29 is 14.8 Å². The number of nitrogens with zero attached hydrogens (tertiary/aromatic N) is 1. The van der Waals surface area contributed by atoms with Gasteiger partial charge in [0.2, 0.25) is 0 Å². The van der Waals surface area contributed by atoms with Crippen LogP contribution in [0.25, 0.3) is 0 Å². The average Bonchev–Trinajstić information content (AvgIpc) is 2.16. The summed E-state index contributed by atoms with van der Waals surface area (Å²) in [6, 6.07) is 4.40. The number of nitro groups is 1. The Morgan fingerprint density at radius 2 is 2.27 bits per heavy atom. The fourth-order valence-corrected chi connectivity index (χ4v) is 1.07. The molecule has 0 aliphatic carbocycles. The zero-order valence-corrected chi connectivity index (χ0v) is 8.64. The van der Waals surface area contributed by atoms with Crippen molar-refractivity contribution in [3.63, 3.8) is 0 Å². The molecule has 0 fully saturated rings. The Hall–Kier alpha value is -1.62. The Labute approximate surface area is 87.5 Å². The number of aliphatic hydroxyl groups is 1. The summed E-state index contributed by atoms with van der Waals surface area (Å²) in [6.45, 7) is 3.51. The summed E-state index contributed by atoms with van der Waals surface area (Å²) in [4.78, 5) is 10.0. The van der Waals surface area contributed by atoms with E-state index in [1.165, 1.54) is 12.1 Å². The van der Waals surface area contributed by atoms with Crippen LogP contribution in [-0.2, 0) is 0 Å². The highest BCUT2D eigenvalue weighted by Gasteiger charge is 2.09. The highest BCUT2D eigenvalue weighted by atomic mass is 16.6. The number of nitro benzene ring substituents is 1. The van der Waals surface area contributed by atoms with Crippen molar-refractivity contribution in [3.05, 3.63) is 33.9 Å². The molecule has 0 aromatic heterocycles. The van der Waals surface area contributed by atoms with E-state index >= 15 is 0 Å². The summed E-state index contributed by atoms with van der Waals surface area (Å²) in [6.07, 6.45) is -0.594. The van der Waals surface area contributed by atoms with Gasteiger partial charge in [0.05, 0.1) is 17.1 Å². The number of aryl methyl sites for hydroxylation is 1. The zero-order valence-electron chi connectivity index (χ0n) is 8.64. The van der Waals surface area contributed by atoms with Crippen LogP contribution < -0.4 is 4.74 Å². The van der Waals surface area contributed by atoms with Crippen LogP contribution in [0.4, 0.5) is 5.69 Å². The predicted octanol–water partition coefficient (Wildman–Crippen LogP) is 1.66. The summed E-state index contributed by atoms with van der Waals surface area (Å²) >= 11 is 0. The van der Waals surface area contributed by atoms with E-state index in [-0.39, 0.29) is 12.3 Å². The quantitative estimate of drug-likeness (QED) is 0.607. The molecule has 1 rings (SSSR count). The van der Waals surface area contributed by atoms with E-state index in [1.807, 2.05) is 0 Å². The molecule has 0 aliphatic rings. The first-order valence-electron chi connectivity index (χ1n) is 4.56. The van der Waals surface area contributed by atoms with E-state index in [4.69, 9.17) is 9.84 Å². The second-order valence-electron chi connectivity index (χ2n) is 3.37. The molecule has 1 unspecified atom stereocenters. The zero-order chi connectivity index (χ0) is 11.4. The number of hydrogen-bond acceptors (Lipinski definition) is 4. The van der Waals surface area contributed by atoms with Gasteiger partial charge in [-0.1, -0.05) is 0 Å². The SMILES string of the molecule is Cc1ccc([N+](=O)[O-])cc1OCC(C)O. The third-order valence-corrected chi connectivity index (χ3v) is 1.86. The fraction of sp³-hybridized carbons (Fsp3) is 0.400. The van der Waals surface area contributed by atoms with Gasteiger partial charge in [-0.2, -0.15) is 0 Å². The van der Waals surface area contributed by atoms with Crippen LogP contribution in [0.5, 0.6) is 5.75 Å². The summed E-state index contributed by atoms with van der Waals surface area (Å²) < 4.78 is 5.23. The largest absolute Gasteiger partial charge is 0.490 e. The van der Waals surface area contributed by atoms with E-state index in [2.05, 4.69) is 0 Å². The summed E-state index contributed by atoms with van der Waals surface area (Å²) in [5, 5.41) is 19.5. The molecule has 0 aliphatic heterocycles. The summed E-state index contributed by atoms with van der Waals surface area (Å²) in [5.41, 5.74) is 0.794. The van der Waals surface area contributed by atoms with Gasteiger partial charge in [0.1, 0.15) is 12.4 Å². The van der Waals surface area contributed by atoms with Gasteiger partial charge in [0.25, 0.3) is 5.69 Å². The van der Waals surface area contributed by atoms with Crippen LogP contribution in [0.1, 0.15) is 12.5 Å². The minimum atomic E-state index is -0.594. The first kappa shape index (κ1) is 11.5. The number of rotatable bonds is 4. The van der Waals surface area contributed by atoms with Crippen molar-refractivity contribution in [1.29, 1.82) is 0 Å². The summed E-state index contributed by atoms with van der Waals surface area (Å²) in [5.74, 6) is 0.435. The molecule has 0 saturated heterocycles. The molecule has 1 aromatic rings. The molecule has 0 radical (unpaired) electrons. The number of ether oxygens (including phenoxy) is 1. The van der Waals surface area contributed by atoms with E-state index < -0.39 is 11.0 Å². The van der Waals surface area contributed by atoms with Crippen molar-refractivity contribution in [2.75, 3.05) is 6.61 Å². The molecule has 1 atom stereocenters. The molecule has 5 heteroatoms. The van der Waals surface area contributed by atoms with E-state index in [0.717, 1.165) is 5.56 Å². The van der Waals surface area contributed by atoms with Crippen molar-refractivity contribution in [3.8, 4) is 5.75 Å².